The van der Waals surface area contributed by atoms with Gasteiger partial charge in [0.05, 0.1) is 4.91 Å². The van der Waals surface area contributed by atoms with Crippen LogP contribution in [0.15, 0.2) is 41.3 Å². The minimum Gasteiger partial charge on any atom is -0.344 e. The van der Waals surface area contributed by atoms with Crippen LogP contribution in [-0.2, 0) is 15.6 Å². The van der Waals surface area contributed by atoms with E-state index < -0.39 is 0 Å². The molecule has 0 aromatic heterocycles. The molecule has 0 atom stereocenters. The lowest BCUT2D eigenvalue weighted by Gasteiger charge is -2.43. The molecule has 2 aliphatic rings. The maximum absolute atomic E-state index is 11.8. The van der Waals surface area contributed by atoms with Crippen LogP contribution >= 0.6 is 11.8 Å². The molecule has 2 amide bonds. The van der Waals surface area contributed by atoms with E-state index in [0.29, 0.717) is 4.91 Å². The van der Waals surface area contributed by atoms with Gasteiger partial charge in [-0.3, -0.25) is 14.9 Å². The van der Waals surface area contributed by atoms with Gasteiger partial charge < -0.3 is 4.90 Å². The van der Waals surface area contributed by atoms with Crippen molar-refractivity contribution >= 4 is 40.4 Å². The molecule has 0 radical (unpaired) electrons. The van der Waals surface area contributed by atoms with Crippen LogP contribution in [0.3, 0.4) is 0 Å². The zero-order valence-electron chi connectivity index (χ0n) is 19.1. The second-order valence-corrected chi connectivity index (χ2v) is 11.0. The van der Waals surface area contributed by atoms with Gasteiger partial charge in [-0.25, -0.2) is 0 Å². The largest absolute Gasteiger partial charge is 0.344 e. The van der Waals surface area contributed by atoms with Gasteiger partial charge in [0.25, 0.3) is 11.1 Å². The average molecular weight is 435 g/mol. The van der Waals surface area contributed by atoms with E-state index in [4.69, 9.17) is 0 Å². The Kier molecular flexibility index (Phi) is 5.29. The van der Waals surface area contributed by atoms with Crippen molar-refractivity contribution < 1.29 is 9.59 Å². The summed E-state index contributed by atoms with van der Waals surface area (Å²) in [6, 6.07) is 12.8. The van der Waals surface area contributed by atoms with Crippen molar-refractivity contribution in [3.05, 3.63) is 63.6 Å². The molecule has 0 spiro atoms. The number of amides is 2. The van der Waals surface area contributed by atoms with Crippen LogP contribution in [0, 0.1) is 6.92 Å². The zero-order chi connectivity index (χ0) is 22.6. The van der Waals surface area contributed by atoms with E-state index in [-0.39, 0.29) is 22.0 Å². The SMILES string of the molecule is Cc1cc2c(cc1N(C)c1ccc(C=C3SC(=O)NC3=O)cc1)C(C)(C)CCC2(C)C. The fraction of sp³-hybridized carbons (Fsp3) is 0.385. The Morgan fingerprint density at radius 3 is 2.10 bits per heavy atom. The number of aryl methyl sites for hydroxylation is 1. The van der Waals surface area contributed by atoms with E-state index in [9.17, 15) is 9.59 Å². The molecule has 2 aromatic rings. The second kappa shape index (κ2) is 7.56. The molecule has 1 N–H and O–H groups in total. The quantitative estimate of drug-likeness (QED) is 0.565. The van der Waals surface area contributed by atoms with Crippen LogP contribution in [0.4, 0.5) is 16.2 Å². The zero-order valence-corrected chi connectivity index (χ0v) is 19.9. The number of carbonyl (C=O) groups excluding carboxylic acids is 2. The van der Waals surface area contributed by atoms with Crippen molar-refractivity contribution in [2.75, 3.05) is 11.9 Å². The molecule has 162 valence electrons. The first-order chi connectivity index (χ1) is 14.5. The minimum atomic E-state index is -0.327. The Morgan fingerprint density at radius 1 is 0.968 bits per heavy atom. The van der Waals surface area contributed by atoms with Crippen molar-refractivity contribution in [3.63, 3.8) is 0 Å². The average Bonchev–Trinajstić information content (AvgIpc) is 3.02. The van der Waals surface area contributed by atoms with Gasteiger partial charge in [-0.15, -0.1) is 0 Å². The smallest absolute Gasteiger partial charge is 0.290 e. The van der Waals surface area contributed by atoms with E-state index in [1.165, 1.54) is 35.2 Å². The monoisotopic (exact) mass is 434 g/mol. The molecule has 1 aliphatic carbocycles. The Balaban J connectivity index is 1.66. The molecule has 0 unspecified atom stereocenters. The van der Waals surface area contributed by atoms with Crippen LogP contribution < -0.4 is 10.2 Å². The van der Waals surface area contributed by atoms with Gasteiger partial charge in [0.2, 0.25) is 0 Å². The van der Waals surface area contributed by atoms with E-state index in [1.54, 1.807) is 6.08 Å². The number of rotatable bonds is 3. The van der Waals surface area contributed by atoms with Crippen molar-refractivity contribution in [3.8, 4) is 0 Å². The Bertz CT molecular complexity index is 1100. The first kappa shape index (κ1) is 21.7. The molecule has 5 heteroatoms. The summed E-state index contributed by atoms with van der Waals surface area (Å²) in [5.41, 5.74) is 7.76. The van der Waals surface area contributed by atoms with Crippen LogP contribution in [-0.4, -0.2) is 18.2 Å². The molecule has 1 saturated heterocycles. The third kappa shape index (κ3) is 4.03. The highest BCUT2D eigenvalue weighted by atomic mass is 32.2. The molecule has 0 saturated carbocycles. The summed E-state index contributed by atoms with van der Waals surface area (Å²) in [4.78, 5) is 25.8. The normalized spacial score (nSPS) is 20.5. The van der Waals surface area contributed by atoms with Gasteiger partial charge in [-0.05, 0) is 88.9 Å². The highest BCUT2D eigenvalue weighted by molar-refractivity contribution is 8.18. The predicted molar refractivity (Wildman–Crippen MR) is 130 cm³/mol. The molecule has 4 rings (SSSR count). The fourth-order valence-corrected chi connectivity index (χ4v) is 5.26. The number of carbonyl (C=O) groups is 2. The fourth-order valence-electron chi connectivity index (χ4n) is 4.58. The number of nitrogens with one attached hydrogen (secondary N) is 1. The lowest BCUT2D eigenvalue weighted by Crippen LogP contribution is -2.34. The third-order valence-corrected chi connectivity index (χ3v) is 7.56. The molecule has 1 fully saturated rings. The number of anilines is 2. The second-order valence-electron chi connectivity index (χ2n) is 9.95. The maximum atomic E-state index is 11.8. The number of hydrogen-bond acceptors (Lipinski definition) is 4. The molecule has 0 bridgehead atoms. The van der Waals surface area contributed by atoms with Crippen LogP contribution in [0.1, 0.15) is 62.8 Å². The van der Waals surface area contributed by atoms with E-state index in [1.807, 2.05) is 12.1 Å². The van der Waals surface area contributed by atoms with Crippen molar-refractivity contribution in [2.24, 2.45) is 0 Å². The molecule has 1 aliphatic heterocycles. The topological polar surface area (TPSA) is 49.4 Å². The molecule has 2 aromatic carbocycles. The minimum absolute atomic E-state index is 0.168. The van der Waals surface area contributed by atoms with Gasteiger partial charge in [-0.2, -0.15) is 0 Å². The third-order valence-electron chi connectivity index (χ3n) is 6.75. The standard InChI is InChI=1S/C26H30N2O2S/c1-16-13-19-20(26(4,5)12-11-25(19,2)3)15-21(16)28(6)18-9-7-17(8-10-18)14-22-23(29)27-24(30)31-22/h7-10,13-15H,11-12H2,1-6H3,(H,27,29,30). The summed E-state index contributed by atoms with van der Waals surface area (Å²) in [6.45, 7) is 11.6. The number of imide groups is 1. The molecular weight excluding hydrogens is 404 g/mol. The Morgan fingerprint density at radius 2 is 1.55 bits per heavy atom. The van der Waals surface area contributed by atoms with E-state index in [0.717, 1.165) is 23.0 Å². The van der Waals surface area contributed by atoms with E-state index in [2.05, 4.69) is 76.1 Å². The molecular formula is C26H30N2O2S. The number of fused-ring (bicyclic) bond motifs is 1. The summed E-state index contributed by atoms with van der Waals surface area (Å²) < 4.78 is 0. The summed E-state index contributed by atoms with van der Waals surface area (Å²) >= 11 is 0.942. The summed E-state index contributed by atoms with van der Waals surface area (Å²) in [5, 5.41) is 1.97. The molecule has 4 nitrogen and oxygen atoms in total. The number of benzene rings is 2. The first-order valence-electron chi connectivity index (χ1n) is 10.7. The Labute approximate surface area is 189 Å². The van der Waals surface area contributed by atoms with Crippen LogP contribution in [0.25, 0.3) is 6.08 Å². The van der Waals surface area contributed by atoms with Gasteiger partial charge in [0.1, 0.15) is 0 Å². The lowest BCUT2D eigenvalue weighted by atomic mass is 9.63. The lowest BCUT2D eigenvalue weighted by molar-refractivity contribution is -0.115. The molecule has 1 heterocycles. The van der Waals surface area contributed by atoms with E-state index >= 15 is 0 Å². The van der Waals surface area contributed by atoms with Crippen LogP contribution in [0.2, 0.25) is 0 Å². The van der Waals surface area contributed by atoms with Gasteiger partial charge in [0.15, 0.2) is 0 Å². The van der Waals surface area contributed by atoms with Crippen LogP contribution in [0.5, 0.6) is 0 Å². The number of nitrogens with zero attached hydrogens (tertiary/aromatic N) is 1. The maximum Gasteiger partial charge on any atom is 0.290 e. The highest BCUT2D eigenvalue weighted by Gasteiger charge is 2.37. The van der Waals surface area contributed by atoms with Gasteiger partial charge in [-0.1, -0.05) is 45.9 Å². The highest BCUT2D eigenvalue weighted by Crippen LogP contribution is 2.48. The number of thioether (sulfide) groups is 1. The Hall–Kier alpha value is -2.53. The summed E-state index contributed by atoms with van der Waals surface area (Å²) in [7, 11) is 2.10. The van der Waals surface area contributed by atoms with Crippen molar-refractivity contribution in [2.45, 2.75) is 58.3 Å². The van der Waals surface area contributed by atoms with Crippen molar-refractivity contribution in [1.29, 1.82) is 0 Å². The van der Waals surface area contributed by atoms with Gasteiger partial charge in [0, 0.05) is 18.4 Å². The predicted octanol–water partition coefficient (Wildman–Crippen LogP) is 6.44. The van der Waals surface area contributed by atoms with Crippen molar-refractivity contribution in [1.82, 2.24) is 5.32 Å². The summed E-state index contributed by atoms with van der Waals surface area (Å²) in [5.74, 6) is -0.327. The van der Waals surface area contributed by atoms with Gasteiger partial charge >= 0.3 is 0 Å². The summed E-state index contributed by atoms with van der Waals surface area (Å²) in [6.07, 6.45) is 4.15. The molecule has 31 heavy (non-hydrogen) atoms. The number of hydrogen-bond donors (Lipinski definition) is 1. The first-order valence-corrected chi connectivity index (χ1v) is 11.5.